The summed E-state index contributed by atoms with van der Waals surface area (Å²) in [5, 5.41) is 3.38. The summed E-state index contributed by atoms with van der Waals surface area (Å²) in [6.07, 6.45) is 4.12. The van der Waals surface area contributed by atoms with Gasteiger partial charge in [0, 0.05) is 26.1 Å². The highest BCUT2D eigenvalue weighted by Crippen LogP contribution is 2.35. The van der Waals surface area contributed by atoms with Gasteiger partial charge in [0.1, 0.15) is 0 Å². The molecular weight excluding hydrogens is 258 g/mol. The average Bonchev–Trinajstić information content (AvgIpc) is 2.83. The van der Waals surface area contributed by atoms with Crippen molar-refractivity contribution in [2.45, 2.75) is 57.5 Å². The van der Waals surface area contributed by atoms with Crippen LogP contribution in [0.15, 0.2) is 0 Å². The molecule has 0 aromatic rings. The number of piperidine rings is 1. The number of ether oxygens (including phenoxy) is 4. The maximum atomic E-state index is 6.02. The molecule has 0 amide bonds. The minimum Gasteiger partial charge on any atom is -0.376 e. The molecule has 0 aromatic heterocycles. The Morgan fingerprint density at radius 2 is 1.90 bits per heavy atom. The molecular formula is C15H29NO4. The van der Waals surface area contributed by atoms with Gasteiger partial charge in [-0.1, -0.05) is 0 Å². The Bertz CT molecular complexity index is 263. The van der Waals surface area contributed by atoms with E-state index in [0.717, 1.165) is 45.4 Å². The van der Waals surface area contributed by atoms with Crippen LogP contribution in [0.25, 0.3) is 0 Å². The van der Waals surface area contributed by atoms with Gasteiger partial charge >= 0.3 is 0 Å². The third kappa shape index (κ3) is 4.67. The normalized spacial score (nSPS) is 25.6. The quantitative estimate of drug-likeness (QED) is 0.689. The van der Waals surface area contributed by atoms with Gasteiger partial charge in [0.25, 0.3) is 0 Å². The second-order valence-electron chi connectivity index (χ2n) is 5.57. The monoisotopic (exact) mass is 287 g/mol. The largest absolute Gasteiger partial charge is 0.376 e. The van der Waals surface area contributed by atoms with Crippen LogP contribution < -0.4 is 5.32 Å². The first-order chi connectivity index (χ1) is 9.78. The molecule has 5 heteroatoms. The summed E-state index contributed by atoms with van der Waals surface area (Å²) in [5.74, 6) is 0. The molecule has 2 aliphatic heterocycles. The Kier molecular flexibility index (Phi) is 6.71. The highest BCUT2D eigenvalue weighted by molar-refractivity contribution is 4.93. The lowest BCUT2D eigenvalue weighted by molar-refractivity contribution is -0.149. The Morgan fingerprint density at radius 3 is 2.55 bits per heavy atom. The number of hydrogen-bond donors (Lipinski definition) is 1. The van der Waals surface area contributed by atoms with E-state index in [1.807, 2.05) is 13.8 Å². The summed E-state index contributed by atoms with van der Waals surface area (Å²) in [5.41, 5.74) is 0.0785. The van der Waals surface area contributed by atoms with Gasteiger partial charge < -0.3 is 24.3 Å². The zero-order chi connectivity index (χ0) is 14.3. The van der Waals surface area contributed by atoms with E-state index in [9.17, 15) is 0 Å². The van der Waals surface area contributed by atoms with Gasteiger partial charge in [-0.2, -0.15) is 0 Å². The summed E-state index contributed by atoms with van der Waals surface area (Å²) in [7, 11) is 0. The fraction of sp³-hybridized carbons (Fsp3) is 1.00. The maximum Gasteiger partial charge on any atom is 0.159 e. The van der Waals surface area contributed by atoms with Crippen LogP contribution in [0.4, 0.5) is 0 Å². The molecule has 5 nitrogen and oxygen atoms in total. The lowest BCUT2D eigenvalue weighted by Gasteiger charge is -2.32. The van der Waals surface area contributed by atoms with Gasteiger partial charge in [-0.25, -0.2) is 0 Å². The van der Waals surface area contributed by atoms with Crippen molar-refractivity contribution in [2.24, 2.45) is 0 Å². The number of hydrogen-bond acceptors (Lipinski definition) is 5. The van der Waals surface area contributed by atoms with Crippen LogP contribution in [0.5, 0.6) is 0 Å². The van der Waals surface area contributed by atoms with Crippen molar-refractivity contribution < 1.29 is 18.9 Å². The predicted octanol–water partition coefficient (Wildman–Crippen LogP) is 1.70. The van der Waals surface area contributed by atoms with E-state index >= 15 is 0 Å². The smallest absolute Gasteiger partial charge is 0.159 e. The Morgan fingerprint density at radius 1 is 1.20 bits per heavy atom. The first-order valence-electron chi connectivity index (χ1n) is 7.97. The zero-order valence-electron chi connectivity index (χ0n) is 12.9. The second kappa shape index (κ2) is 8.29. The first kappa shape index (κ1) is 16.2. The van der Waals surface area contributed by atoms with Crippen LogP contribution in [-0.2, 0) is 18.9 Å². The van der Waals surface area contributed by atoms with Crippen molar-refractivity contribution in [1.82, 2.24) is 5.32 Å². The van der Waals surface area contributed by atoms with Gasteiger partial charge in [0.2, 0.25) is 0 Å². The molecule has 20 heavy (non-hydrogen) atoms. The van der Waals surface area contributed by atoms with Gasteiger partial charge in [-0.05, 0) is 39.8 Å². The highest BCUT2D eigenvalue weighted by atomic mass is 16.7. The maximum absolute atomic E-state index is 6.02. The van der Waals surface area contributed by atoms with Crippen LogP contribution in [0.1, 0.15) is 39.5 Å². The minimum atomic E-state index is -0.139. The van der Waals surface area contributed by atoms with E-state index in [0.29, 0.717) is 19.8 Å². The van der Waals surface area contributed by atoms with Gasteiger partial charge in [-0.3, -0.25) is 0 Å². The standard InChI is InChI=1S/C15H29NO4/c1-3-17-14(18-4-2)5-10-19-13-11-15(20-12-13)6-8-16-9-7-15/h13-14,16H,3-12H2,1-2H3. The van der Waals surface area contributed by atoms with Crippen molar-refractivity contribution in [1.29, 1.82) is 0 Å². The molecule has 1 unspecified atom stereocenters. The van der Waals surface area contributed by atoms with E-state index in [1.165, 1.54) is 0 Å². The number of rotatable bonds is 8. The molecule has 118 valence electrons. The Hall–Kier alpha value is -0.200. The molecule has 0 aromatic carbocycles. The Balaban J connectivity index is 1.64. The van der Waals surface area contributed by atoms with Crippen molar-refractivity contribution >= 4 is 0 Å². The fourth-order valence-electron chi connectivity index (χ4n) is 3.06. The van der Waals surface area contributed by atoms with Crippen molar-refractivity contribution in [3.05, 3.63) is 0 Å². The molecule has 0 radical (unpaired) electrons. The van der Waals surface area contributed by atoms with Gasteiger partial charge in [0.15, 0.2) is 6.29 Å². The third-order valence-electron chi connectivity index (χ3n) is 4.10. The van der Waals surface area contributed by atoms with E-state index in [1.54, 1.807) is 0 Å². The van der Waals surface area contributed by atoms with E-state index in [-0.39, 0.29) is 18.0 Å². The summed E-state index contributed by atoms with van der Waals surface area (Å²) in [6.45, 7) is 8.84. The lowest BCUT2D eigenvalue weighted by atomic mass is 9.89. The molecule has 2 heterocycles. The molecule has 0 saturated carbocycles. The molecule has 2 aliphatic rings. The van der Waals surface area contributed by atoms with Crippen LogP contribution in [-0.4, -0.2) is 57.5 Å². The minimum absolute atomic E-state index is 0.0785. The van der Waals surface area contributed by atoms with Crippen LogP contribution >= 0.6 is 0 Å². The fourth-order valence-corrected chi connectivity index (χ4v) is 3.06. The summed E-state index contributed by atoms with van der Waals surface area (Å²) in [4.78, 5) is 0. The summed E-state index contributed by atoms with van der Waals surface area (Å²) < 4.78 is 23.0. The Labute approximate surface area is 122 Å². The topological polar surface area (TPSA) is 49.0 Å². The summed E-state index contributed by atoms with van der Waals surface area (Å²) in [6, 6.07) is 0. The van der Waals surface area contributed by atoms with Crippen LogP contribution in [0, 0.1) is 0 Å². The van der Waals surface area contributed by atoms with Crippen LogP contribution in [0.3, 0.4) is 0 Å². The average molecular weight is 287 g/mol. The van der Waals surface area contributed by atoms with Crippen molar-refractivity contribution in [2.75, 3.05) is 39.5 Å². The van der Waals surface area contributed by atoms with E-state index in [2.05, 4.69) is 5.32 Å². The molecule has 2 saturated heterocycles. The third-order valence-corrected chi connectivity index (χ3v) is 4.10. The molecule has 2 rings (SSSR count). The van der Waals surface area contributed by atoms with E-state index in [4.69, 9.17) is 18.9 Å². The predicted molar refractivity (Wildman–Crippen MR) is 76.8 cm³/mol. The van der Waals surface area contributed by atoms with E-state index < -0.39 is 0 Å². The first-order valence-corrected chi connectivity index (χ1v) is 7.97. The van der Waals surface area contributed by atoms with Gasteiger partial charge in [0.05, 0.1) is 24.9 Å². The second-order valence-corrected chi connectivity index (χ2v) is 5.57. The van der Waals surface area contributed by atoms with Crippen molar-refractivity contribution in [3.8, 4) is 0 Å². The van der Waals surface area contributed by atoms with Crippen LogP contribution in [0.2, 0.25) is 0 Å². The SMILES string of the molecule is CCOC(CCOC1COC2(CCNCC2)C1)OCC. The molecule has 2 fully saturated rings. The molecule has 1 N–H and O–H groups in total. The molecule has 0 aliphatic carbocycles. The van der Waals surface area contributed by atoms with Crippen molar-refractivity contribution in [3.63, 3.8) is 0 Å². The summed E-state index contributed by atoms with van der Waals surface area (Å²) >= 11 is 0. The molecule has 1 atom stereocenters. The highest BCUT2D eigenvalue weighted by Gasteiger charge is 2.41. The zero-order valence-corrected chi connectivity index (χ0v) is 12.9. The van der Waals surface area contributed by atoms with Gasteiger partial charge in [-0.15, -0.1) is 0 Å². The lowest BCUT2D eigenvalue weighted by Crippen LogP contribution is -2.41. The number of nitrogens with one attached hydrogen (secondary N) is 1. The molecule has 1 spiro atoms. The molecule has 0 bridgehead atoms.